The standard InChI is InChI=1S/C21H25N3O2S2/c1-15-8-9-18(27-15)21(26)24-13-11-23(12-14-24)20(25)17-7-4-10-22-19(17)28-16-5-2-3-6-16/h4,7-10,16H,2-3,5-6,11-14H2,1H3. The van der Waals surface area contributed by atoms with E-state index < -0.39 is 0 Å². The average Bonchev–Trinajstić information content (AvgIpc) is 3.39. The van der Waals surface area contributed by atoms with E-state index in [0.717, 1.165) is 14.8 Å². The number of carbonyl (C=O) groups is 2. The first kappa shape index (κ1) is 19.5. The van der Waals surface area contributed by atoms with Gasteiger partial charge < -0.3 is 9.80 Å². The molecule has 28 heavy (non-hydrogen) atoms. The molecule has 0 radical (unpaired) electrons. The minimum Gasteiger partial charge on any atom is -0.335 e. The molecule has 4 rings (SSSR count). The maximum atomic E-state index is 13.1. The largest absolute Gasteiger partial charge is 0.335 e. The zero-order valence-corrected chi connectivity index (χ0v) is 17.7. The molecular weight excluding hydrogens is 390 g/mol. The van der Waals surface area contributed by atoms with Crippen molar-refractivity contribution in [2.75, 3.05) is 26.2 Å². The fourth-order valence-electron chi connectivity index (χ4n) is 3.80. The van der Waals surface area contributed by atoms with Crippen LogP contribution in [0.5, 0.6) is 0 Å². The Bertz CT molecular complexity index is 853. The number of carbonyl (C=O) groups excluding carboxylic acids is 2. The first-order chi connectivity index (χ1) is 13.6. The topological polar surface area (TPSA) is 53.5 Å². The second kappa shape index (κ2) is 8.66. The Morgan fingerprint density at radius 3 is 2.36 bits per heavy atom. The van der Waals surface area contributed by atoms with E-state index >= 15 is 0 Å². The lowest BCUT2D eigenvalue weighted by Gasteiger charge is -2.34. The van der Waals surface area contributed by atoms with Crippen LogP contribution in [0.2, 0.25) is 0 Å². The van der Waals surface area contributed by atoms with E-state index in [-0.39, 0.29) is 11.8 Å². The minimum absolute atomic E-state index is 0.0349. The molecule has 0 atom stereocenters. The van der Waals surface area contributed by atoms with Crippen molar-refractivity contribution >= 4 is 34.9 Å². The third-order valence-corrected chi connectivity index (χ3v) is 7.73. The summed E-state index contributed by atoms with van der Waals surface area (Å²) < 4.78 is 0. The summed E-state index contributed by atoms with van der Waals surface area (Å²) in [7, 11) is 0. The Balaban J connectivity index is 1.39. The number of thioether (sulfide) groups is 1. The van der Waals surface area contributed by atoms with Gasteiger partial charge in [-0.2, -0.15) is 0 Å². The van der Waals surface area contributed by atoms with Gasteiger partial charge >= 0.3 is 0 Å². The lowest BCUT2D eigenvalue weighted by atomic mass is 10.2. The molecule has 2 aliphatic rings. The summed E-state index contributed by atoms with van der Waals surface area (Å²) in [6.07, 6.45) is 6.73. The van der Waals surface area contributed by atoms with Gasteiger partial charge in [0.25, 0.3) is 11.8 Å². The molecule has 5 nitrogen and oxygen atoms in total. The highest BCUT2D eigenvalue weighted by atomic mass is 32.2. The molecule has 7 heteroatoms. The number of aromatic nitrogens is 1. The van der Waals surface area contributed by atoms with Gasteiger partial charge in [0.1, 0.15) is 5.03 Å². The van der Waals surface area contributed by atoms with Crippen molar-refractivity contribution < 1.29 is 9.59 Å². The van der Waals surface area contributed by atoms with Crippen LogP contribution in [-0.4, -0.2) is 58.0 Å². The van der Waals surface area contributed by atoms with E-state index in [0.29, 0.717) is 37.0 Å². The SMILES string of the molecule is Cc1ccc(C(=O)N2CCN(C(=O)c3cccnc3SC3CCCC3)CC2)s1. The van der Waals surface area contributed by atoms with E-state index in [1.807, 2.05) is 41.0 Å². The van der Waals surface area contributed by atoms with Gasteiger partial charge in [-0.1, -0.05) is 12.8 Å². The molecule has 3 heterocycles. The molecule has 0 unspecified atom stereocenters. The molecular formula is C21H25N3O2S2. The predicted octanol–water partition coefficient (Wildman–Crippen LogP) is 4.08. The summed E-state index contributed by atoms with van der Waals surface area (Å²) in [6.45, 7) is 4.29. The van der Waals surface area contributed by atoms with Gasteiger partial charge in [-0.25, -0.2) is 4.98 Å². The summed E-state index contributed by atoms with van der Waals surface area (Å²) in [4.78, 5) is 35.9. The van der Waals surface area contributed by atoms with Gasteiger partial charge in [-0.05, 0) is 44.0 Å². The maximum Gasteiger partial charge on any atom is 0.264 e. The van der Waals surface area contributed by atoms with Crippen molar-refractivity contribution in [2.24, 2.45) is 0 Å². The molecule has 2 aromatic heterocycles. The Morgan fingerprint density at radius 1 is 1.04 bits per heavy atom. The van der Waals surface area contributed by atoms with Crippen molar-refractivity contribution in [1.82, 2.24) is 14.8 Å². The zero-order chi connectivity index (χ0) is 19.5. The molecule has 0 N–H and O–H groups in total. The van der Waals surface area contributed by atoms with Crippen LogP contribution in [0.4, 0.5) is 0 Å². The molecule has 148 valence electrons. The predicted molar refractivity (Wildman–Crippen MR) is 113 cm³/mol. The van der Waals surface area contributed by atoms with Gasteiger partial charge in [0.2, 0.25) is 0 Å². The van der Waals surface area contributed by atoms with Crippen LogP contribution in [0.25, 0.3) is 0 Å². The molecule has 2 aromatic rings. The highest BCUT2D eigenvalue weighted by Crippen LogP contribution is 2.35. The zero-order valence-electron chi connectivity index (χ0n) is 16.1. The number of nitrogens with zero attached hydrogens (tertiary/aromatic N) is 3. The number of hydrogen-bond acceptors (Lipinski definition) is 5. The smallest absolute Gasteiger partial charge is 0.264 e. The molecule has 0 bridgehead atoms. The lowest BCUT2D eigenvalue weighted by molar-refractivity contribution is 0.0535. The second-order valence-corrected chi connectivity index (χ2v) is 9.95. The van der Waals surface area contributed by atoms with Gasteiger partial charge in [0.15, 0.2) is 0 Å². The maximum absolute atomic E-state index is 13.1. The number of pyridine rings is 1. The van der Waals surface area contributed by atoms with Crippen molar-refractivity contribution in [3.8, 4) is 0 Å². The van der Waals surface area contributed by atoms with E-state index in [4.69, 9.17) is 0 Å². The first-order valence-corrected chi connectivity index (χ1v) is 11.6. The second-order valence-electron chi connectivity index (χ2n) is 7.38. The van der Waals surface area contributed by atoms with Crippen LogP contribution in [-0.2, 0) is 0 Å². The highest BCUT2D eigenvalue weighted by molar-refractivity contribution is 7.99. The minimum atomic E-state index is 0.0349. The summed E-state index contributed by atoms with van der Waals surface area (Å²) in [5.74, 6) is 0.108. The van der Waals surface area contributed by atoms with Crippen LogP contribution < -0.4 is 0 Å². The monoisotopic (exact) mass is 415 g/mol. The van der Waals surface area contributed by atoms with Gasteiger partial charge in [0.05, 0.1) is 10.4 Å². The van der Waals surface area contributed by atoms with E-state index in [1.54, 1.807) is 18.0 Å². The van der Waals surface area contributed by atoms with Gasteiger partial charge in [-0.3, -0.25) is 9.59 Å². The molecule has 1 saturated heterocycles. The Labute approximate surface area is 174 Å². The normalized spacial score (nSPS) is 17.9. The Hall–Kier alpha value is -1.86. The van der Waals surface area contributed by atoms with Crippen LogP contribution in [0.1, 0.15) is 50.6 Å². The summed E-state index contributed by atoms with van der Waals surface area (Å²) in [6, 6.07) is 7.59. The quantitative estimate of drug-likeness (QED) is 0.755. The molecule has 0 spiro atoms. The van der Waals surface area contributed by atoms with Crippen molar-refractivity contribution in [3.63, 3.8) is 0 Å². The molecule has 1 aliphatic heterocycles. The molecule has 1 aliphatic carbocycles. The molecule has 2 fully saturated rings. The summed E-state index contributed by atoms with van der Waals surface area (Å²) in [5.41, 5.74) is 0.702. The van der Waals surface area contributed by atoms with Crippen LogP contribution in [0.15, 0.2) is 35.5 Å². The fraction of sp³-hybridized carbons (Fsp3) is 0.476. The van der Waals surface area contributed by atoms with Crippen LogP contribution in [0, 0.1) is 6.92 Å². The lowest BCUT2D eigenvalue weighted by Crippen LogP contribution is -2.50. The van der Waals surface area contributed by atoms with E-state index in [1.165, 1.54) is 37.0 Å². The number of rotatable bonds is 4. The van der Waals surface area contributed by atoms with Crippen molar-refractivity contribution in [1.29, 1.82) is 0 Å². The van der Waals surface area contributed by atoms with Gasteiger partial charge in [0, 0.05) is 42.5 Å². The highest BCUT2D eigenvalue weighted by Gasteiger charge is 2.28. The Kier molecular flexibility index (Phi) is 6.01. The average molecular weight is 416 g/mol. The third-order valence-electron chi connectivity index (χ3n) is 5.39. The van der Waals surface area contributed by atoms with E-state index in [2.05, 4.69) is 4.98 Å². The number of hydrogen-bond donors (Lipinski definition) is 0. The van der Waals surface area contributed by atoms with Crippen LogP contribution >= 0.6 is 23.1 Å². The first-order valence-electron chi connectivity index (χ1n) is 9.88. The molecule has 2 amide bonds. The number of amides is 2. The third kappa shape index (κ3) is 4.25. The van der Waals surface area contributed by atoms with Crippen LogP contribution in [0.3, 0.4) is 0 Å². The Morgan fingerprint density at radius 2 is 1.71 bits per heavy atom. The van der Waals surface area contributed by atoms with Crippen molar-refractivity contribution in [2.45, 2.75) is 42.9 Å². The van der Waals surface area contributed by atoms with Gasteiger partial charge in [-0.15, -0.1) is 23.1 Å². The fourth-order valence-corrected chi connectivity index (χ4v) is 5.92. The summed E-state index contributed by atoms with van der Waals surface area (Å²) in [5, 5.41) is 1.43. The summed E-state index contributed by atoms with van der Waals surface area (Å²) >= 11 is 3.28. The number of aryl methyl sites for hydroxylation is 1. The number of thiophene rings is 1. The van der Waals surface area contributed by atoms with E-state index in [9.17, 15) is 9.59 Å². The molecule has 1 saturated carbocycles. The molecule has 0 aromatic carbocycles. The number of piperazine rings is 1. The van der Waals surface area contributed by atoms with Crippen molar-refractivity contribution in [3.05, 3.63) is 45.8 Å².